The second-order valence-corrected chi connectivity index (χ2v) is 11.9. The average molecular weight is 563 g/mol. The molecular formula is C35H34N2O3S. The highest BCUT2D eigenvalue weighted by molar-refractivity contribution is 7.80. The summed E-state index contributed by atoms with van der Waals surface area (Å²) in [7, 11) is 0. The molecule has 0 saturated heterocycles. The minimum atomic E-state index is 0.00303. The summed E-state index contributed by atoms with van der Waals surface area (Å²) in [6.07, 6.45) is 0.752. The first-order valence-electron chi connectivity index (χ1n) is 13.8. The van der Waals surface area contributed by atoms with Crippen LogP contribution in [0.15, 0.2) is 108 Å². The second kappa shape index (κ2) is 12.6. The summed E-state index contributed by atoms with van der Waals surface area (Å²) >= 11 is 4.89. The average Bonchev–Trinajstić information content (AvgIpc) is 3.50. The Morgan fingerprint density at radius 3 is 1.78 bits per heavy atom. The molecule has 5 nitrogen and oxygen atoms in total. The molecule has 0 bridgehead atoms. The minimum absolute atomic E-state index is 0.00303. The van der Waals surface area contributed by atoms with Crippen LogP contribution in [-0.4, -0.2) is 23.3 Å². The van der Waals surface area contributed by atoms with Crippen molar-refractivity contribution in [1.29, 1.82) is 0 Å². The van der Waals surface area contributed by atoms with E-state index in [0.29, 0.717) is 24.9 Å². The van der Waals surface area contributed by atoms with Gasteiger partial charge in [0.1, 0.15) is 0 Å². The Morgan fingerprint density at radius 1 is 0.732 bits per heavy atom. The van der Waals surface area contributed by atoms with Gasteiger partial charge in [0.15, 0.2) is 0 Å². The van der Waals surface area contributed by atoms with Crippen molar-refractivity contribution >= 4 is 19.1 Å². The van der Waals surface area contributed by atoms with Gasteiger partial charge in [0.05, 0.1) is 6.61 Å². The molecule has 6 heteroatoms. The van der Waals surface area contributed by atoms with Crippen LogP contribution in [0.3, 0.4) is 0 Å². The van der Waals surface area contributed by atoms with Gasteiger partial charge in [-0.3, -0.25) is 4.79 Å². The van der Waals surface area contributed by atoms with Crippen LogP contribution < -0.4 is 0 Å². The predicted octanol–water partition coefficient (Wildman–Crippen LogP) is 8.69. The van der Waals surface area contributed by atoms with Gasteiger partial charge in [-0.2, -0.15) is 12.6 Å². The van der Waals surface area contributed by atoms with Gasteiger partial charge in [0.25, 0.3) is 6.47 Å². The fraction of sp³-hybridized carbons (Fsp3) is 0.229. The largest absolute Gasteiger partial charge is 0.467 e. The van der Waals surface area contributed by atoms with E-state index in [1.54, 1.807) is 0 Å². The molecule has 1 aromatic heterocycles. The smallest absolute Gasteiger partial charge is 0.293 e. The number of benzene rings is 4. The lowest BCUT2D eigenvalue weighted by atomic mass is 9.87. The van der Waals surface area contributed by atoms with Crippen molar-refractivity contribution in [2.75, 3.05) is 6.61 Å². The molecule has 0 aliphatic rings. The third-order valence-electron chi connectivity index (χ3n) is 7.33. The summed E-state index contributed by atoms with van der Waals surface area (Å²) in [5.74, 6) is 1.07. The third-order valence-corrected chi connectivity index (χ3v) is 7.84. The monoisotopic (exact) mass is 562 g/mol. The van der Waals surface area contributed by atoms with Crippen molar-refractivity contribution in [2.24, 2.45) is 0 Å². The summed E-state index contributed by atoms with van der Waals surface area (Å²) in [5.41, 5.74) is 7.58. The zero-order valence-corrected chi connectivity index (χ0v) is 24.4. The summed E-state index contributed by atoms with van der Waals surface area (Å²) in [4.78, 5) is 10.8. The minimum Gasteiger partial charge on any atom is -0.467 e. The van der Waals surface area contributed by atoms with Crippen LogP contribution >= 0.6 is 12.6 Å². The molecule has 0 N–H and O–H groups in total. The molecule has 2 atom stereocenters. The molecule has 0 amide bonds. The summed E-state index contributed by atoms with van der Waals surface area (Å²) < 4.78 is 11.1. The Balaban J connectivity index is 1.25. The fourth-order valence-electron chi connectivity index (χ4n) is 4.86. The van der Waals surface area contributed by atoms with Gasteiger partial charge >= 0.3 is 0 Å². The van der Waals surface area contributed by atoms with Crippen molar-refractivity contribution in [3.63, 3.8) is 0 Å². The maximum atomic E-state index is 10.8. The second-order valence-electron chi connectivity index (χ2n) is 11.2. The highest BCUT2D eigenvalue weighted by atomic mass is 32.1. The number of ether oxygens (including phenoxy) is 1. The lowest BCUT2D eigenvalue weighted by Gasteiger charge is -2.20. The van der Waals surface area contributed by atoms with Crippen molar-refractivity contribution in [2.45, 2.75) is 43.8 Å². The first kappa shape index (κ1) is 28.4. The molecule has 0 spiro atoms. The van der Waals surface area contributed by atoms with E-state index < -0.39 is 0 Å². The van der Waals surface area contributed by atoms with Gasteiger partial charge in [-0.1, -0.05) is 99.6 Å². The molecule has 4 aromatic carbocycles. The third kappa shape index (κ3) is 6.95. The molecule has 1 heterocycles. The molecule has 0 aliphatic heterocycles. The summed E-state index contributed by atoms with van der Waals surface area (Å²) in [5, 5.41) is 8.55. The molecule has 0 radical (unpaired) electrons. The van der Waals surface area contributed by atoms with E-state index >= 15 is 0 Å². The highest BCUT2D eigenvalue weighted by Gasteiger charge is 2.19. The number of carbonyl (C=O) groups is 1. The predicted molar refractivity (Wildman–Crippen MR) is 167 cm³/mol. The first-order valence-corrected chi connectivity index (χ1v) is 14.3. The SMILES string of the molecule is CC(C)(C)c1ccc(-c2nnc(-c3ccc(-c4ccc(C(S)CC(COC=O)c5ccccc5)cc4)cc3)o2)cc1. The quantitative estimate of drug-likeness (QED) is 0.136. The van der Waals surface area contributed by atoms with Gasteiger partial charge in [0.2, 0.25) is 11.8 Å². The zero-order chi connectivity index (χ0) is 28.8. The number of aromatic nitrogens is 2. The van der Waals surface area contributed by atoms with Crippen molar-refractivity contribution < 1.29 is 13.9 Å². The van der Waals surface area contributed by atoms with Gasteiger partial charge in [-0.15, -0.1) is 10.2 Å². The Bertz CT molecular complexity index is 1560. The first-order chi connectivity index (χ1) is 19.8. The standard InChI is InChI=1S/C35H34N2O3S/c1-35(2,3)31-19-17-29(18-20-31)34-37-36-33(40-34)28-15-11-26(12-16-28)25-9-13-27(14-10-25)32(41)21-30(22-39-23-38)24-7-5-4-6-8-24/h4-20,23,30,32,41H,21-22H2,1-3H3. The zero-order valence-electron chi connectivity index (χ0n) is 23.5. The van der Waals surface area contributed by atoms with Crippen molar-refractivity contribution in [3.8, 4) is 34.0 Å². The number of nitrogens with zero attached hydrogens (tertiary/aromatic N) is 2. The van der Waals surface area contributed by atoms with Gasteiger partial charge in [0, 0.05) is 22.3 Å². The Kier molecular flexibility index (Phi) is 8.70. The van der Waals surface area contributed by atoms with Gasteiger partial charge in [-0.05, 0) is 63.9 Å². The van der Waals surface area contributed by atoms with Crippen LogP contribution in [0, 0.1) is 0 Å². The summed E-state index contributed by atoms with van der Waals surface area (Å²) in [6.45, 7) is 7.42. The molecule has 208 valence electrons. The number of carbonyl (C=O) groups excluding carboxylic acids is 1. The van der Waals surface area contributed by atoms with Crippen LogP contribution in [-0.2, 0) is 14.9 Å². The van der Waals surface area contributed by atoms with Crippen molar-refractivity contribution in [1.82, 2.24) is 10.2 Å². The Hall–Kier alpha value is -4.16. The van der Waals surface area contributed by atoms with E-state index in [9.17, 15) is 4.79 Å². The lowest BCUT2D eigenvalue weighted by Crippen LogP contribution is -2.10. The number of thiol groups is 1. The number of hydrogen-bond donors (Lipinski definition) is 1. The van der Waals surface area contributed by atoms with E-state index in [4.69, 9.17) is 21.8 Å². The number of rotatable bonds is 10. The van der Waals surface area contributed by atoms with Crippen LogP contribution in [0.5, 0.6) is 0 Å². The molecular weight excluding hydrogens is 528 g/mol. The molecule has 2 unspecified atom stereocenters. The maximum absolute atomic E-state index is 10.8. The molecule has 0 aliphatic carbocycles. The lowest BCUT2D eigenvalue weighted by molar-refractivity contribution is -0.129. The van der Waals surface area contributed by atoms with E-state index in [-0.39, 0.29) is 16.6 Å². The Morgan fingerprint density at radius 2 is 1.24 bits per heavy atom. The topological polar surface area (TPSA) is 65.2 Å². The molecule has 0 fully saturated rings. The summed E-state index contributed by atoms with van der Waals surface area (Å²) in [6, 6.07) is 35.0. The normalized spacial score (nSPS) is 13.0. The molecule has 5 rings (SSSR count). The Labute approximate surface area is 247 Å². The van der Waals surface area contributed by atoms with Gasteiger partial charge < -0.3 is 9.15 Å². The van der Waals surface area contributed by atoms with Crippen LogP contribution in [0.4, 0.5) is 0 Å². The molecule has 5 aromatic rings. The fourth-order valence-corrected chi connectivity index (χ4v) is 5.29. The van der Waals surface area contributed by atoms with Gasteiger partial charge in [-0.25, -0.2) is 0 Å². The van der Waals surface area contributed by atoms with Crippen LogP contribution in [0.1, 0.15) is 55.1 Å². The number of hydrogen-bond acceptors (Lipinski definition) is 6. The van der Waals surface area contributed by atoms with Crippen LogP contribution in [0.25, 0.3) is 34.0 Å². The van der Waals surface area contributed by atoms with Crippen molar-refractivity contribution in [3.05, 3.63) is 120 Å². The van der Waals surface area contributed by atoms with E-state index in [1.165, 1.54) is 5.56 Å². The van der Waals surface area contributed by atoms with Crippen LogP contribution in [0.2, 0.25) is 0 Å². The molecule has 0 saturated carbocycles. The highest BCUT2D eigenvalue weighted by Crippen LogP contribution is 2.34. The van der Waals surface area contributed by atoms with E-state index in [0.717, 1.165) is 39.8 Å². The maximum Gasteiger partial charge on any atom is 0.293 e. The van der Waals surface area contributed by atoms with E-state index in [2.05, 4.69) is 91.6 Å². The van der Waals surface area contributed by atoms with E-state index in [1.807, 2.05) is 42.5 Å². The molecule has 41 heavy (non-hydrogen) atoms.